The molecule has 0 fully saturated rings. The number of rotatable bonds is 4. The van der Waals surface area contributed by atoms with Crippen molar-refractivity contribution in [2.75, 3.05) is 11.1 Å². The van der Waals surface area contributed by atoms with Crippen LogP contribution in [0.5, 0.6) is 0 Å². The van der Waals surface area contributed by atoms with Gasteiger partial charge in [0.15, 0.2) is 11.6 Å². The molecule has 0 amide bonds. The van der Waals surface area contributed by atoms with Gasteiger partial charge in [-0.2, -0.15) is 4.98 Å². The van der Waals surface area contributed by atoms with Crippen molar-refractivity contribution < 1.29 is 4.39 Å². The zero-order chi connectivity index (χ0) is 10.6. The van der Waals surface area contributed by atoms with Crippen molar-refractivity contribution in [1.29, 1.82) is 0 Å². The van der Waals surface area contributed by atoms with Crippen molar-refractivity contribution in [3.63, 3.8) is 0 Å². The highest BCUT2D eigenvalue weighted by molar-refractivity contribution is 5.39. The van der Waals surface area contributed by atoms with Crippen molar-refractivity contribution in [2.24, 2.45) is 0 Å². The molecule has 1 unspecified atom stereocenters. The van der Waals surface area contributed by atoms with Crippen LogP contribution in [0.4, 0.5) is 16.2 Å². The molecule has 3 N–H and O–H groups in total. The number of aromatic nitrogens is 2. The molecule has 0 aliphatic carbocycles. The lowest BCUT2D eigenvalue weighted by molar-refractivity contribution is 0.607. The maximum atomic E-state index is 13.1. The molecule has 1 heterocycles. The topological polar surface area (TPSA) is 63.8 Å². The molecule has 0 spiro atoms. The molecule has 78 valence electrons. The molecule has 14 heavy (non-hydrogen) atoms. The van der Waals surface area contributed by atoms with Gasteiger partial charge in [0.05, 0.1) is 6.20 Å². The smallest absolute Gasteiger partial charge is 0.222 e. The first kappa shape index (κ1) is 10.7. The van der Waals surface area contributed by atoms with Gasteiger partial charge in [0, 0.05) is 6.04 Å². The number of nitrogens with two attached hydrogens (primary N) is 1. The van der Waals surface area contributed by atoms with E-state index in [9.17, 15) is 4.39 Å². The van der Waals surface area contributed by atoms with Crippen LogP contribution in [0.25, 0.3) is 0 Å². The highest BCUT2D eigenvalue weighted by Gasteiger charge is 2.07. The number of hydrogen-bond acceptors (Lipinski definition) is 4. The number of anilines is 2. The van der Waals surface area contributed by atoms with Gasteiger partial charge in [0.2, 0.25) is 5.95 Å². The van der Waals surface area contributed by atoms with E-state index < -0.39 is 5.82 Å². The van der Waals surface area contributed by atoms with Gasteiger partial charge in [0.1, 0.15) is 0 Å². The summed E-state index contributed by atoms with van der Waals surface area (Å²) in [5.74, 6) is -0.210. The summed E-state index contributed by atoms with van der Waals surface area (Å²) >= 11 is 0. The normalized spacial score (nSPS) is 12.5. The Labute approximate surface area is 82.8 Å². The molecule has 5 heteroatoms. The lowest BCUT2D eigenvalue weighted by atomic mass is 10.2. The van der Waals surface area contributed by atoms with Gasteiger partial charge in [-0.15, -0.1) is 0 Å². The van der Waals surface area contributed by atoms with Crippen LogP contribution in [0.3, 0.4) is 0 Å². The summed E-state index contributed by atoms with van der Waals surface area (Å²) in [4.78, 5) is 7.32. The molecule has 0 radical (unpaired) electrons. The van der Waals surface area contributed by atoms with E-state index in [4.69, 9.17) is 5.73 Å². The van der Waals surface area contributed by atoms with E-state index in [-0.39, 0.29) is 17.8 Å². The quantitative estimate of drug-likeness (QED) is 0.774. The standard InChI is InChI=1S/C9H15FN4/c1-3-4-6(2)13-8-7(10)5-12-9(11)14-8/h5-6H,3-4H2,1-2H3,(H3,11,12,13,14). The Bertz CT molecular complexity index is 303. The first-order valence-electron chi connectivity index (χ1n) is 4.68. The summed E-state index contributed by atoms with van der Waals surface area (Å²) in [5, 5.41) is 2.95. The average Bonchev–Trinajstić information content (AvgIpc) is 2.12. The Balaban J connectivity index is 2.70. The molecule has 1 rings (SSSR count). The summed E-state index contributed by atoms with van der Waals surface area (Å²) < 4.78 is 13.1. The van der Waals surface area contributed by atoms with Crippen LogP contribution < -0.4 is 11.1 Å². The zero-order valence-corrected chi connectivity index (χ0v) is 8.42. The molecular weight excluding hydrogens is 183 g/mol. The second kappa shape index (κ2) is 4.74. The lowest BCUT2D eigenvalue weighted by Crippen LogP contribution is -2.17. The highest BCUT2D eigenvalue weighted by Crippen LogP contribution is 2.12. The van der Waals surface area contributed by atoms with Gasteiger partial charge in [-0.05, 0) is 13.3 Å². The highest BCUT2D eigenvalue weighted by atomic mass is 19.1. The molecule has 4 nitrogen and oxygen atoms in total. The lowest BCUT2D eigenvalue weighted by Gasteiger charge is -2.13. The van der Waals surface area contributed by atoms with Gasteiger partial charge in [-0.25, -0.2) is 9.37 Å². The second-order valence-corrected chi connectivity index (χ2v) is 3.26. The summed E-state index contributed by atoms with van der Waals surface area (Å²) in [6, 6.07) is 0.184. The molecule has 1 aromatic heterocycles. The summed E-state index contributed by atoms with van der Waals surface area (Å²) in [7, 11) is 0. The van der Waals surface area contributed by atoms with Crippen molar-refractivity contribution >= 4 is 11.8 Å². The van der Waals surface area contributed by atoms with Gasteiger partial charge in [0.25, 0.3) is 0 Å². The summed E-state index contributed by atoms with van der Waals surface area (Å²) in [6.45, 7) is 4.05. The Morgan fingerprint density at radius 2 is 2.36 bits per heavy atom. The molecule has 0 aromatic carbocycles. The predicted octanol–water partition coefficient (Wildman–Crippen LogP) is 1.80. The third kappa shape index (κ3) is 2.83. The SMILES string of the molecule is CCCC(C)Nc1nc(N)ncc1F. The van der Waals surface area contributed by atoms with E-state index in [0.29, 0.717) is 0 Å². The molecule has 1 aromatic rings. The Morgan fingerprint density at radius 3 is 3.00 bits per heavy atom. The van der Waals surface area contributed by atoms with Crippen LogP contribution in [0.1, 0.15) is 26.7 Å². The first-order chi connectivity index (χ1) is 6.63. The second-order valence-electron chi connectivity index (χ2n) is 3.26. The minimum Gasteiger partial charge on any atom is -0.368 e. The maximum absolute atomic E-state index is 13.1. The molecule has 0 saturated heterocycles. The van der Waals surface area contributed by atoms with Crippen molar-refractivity contribution in [2.45, 2.75) is 32.7 Å². The van der Waals surface area contributed by atoms with Gasteiger partial charge in [-0.1, -0.05) is 13.3 Å². The average molecular weight is 198 g/mol. The van der Waals surface area contributed by atoms with Crippen LogP contribution in [0.15, 0.2) is 6.20 Å². The Hall–Kier alpha value is -1.39. The Kier molecular flexibility index (Phi) is 3.62. The molecule has 0 bridgehead atoms. The van der Waals surface area contributed by atoms with Crippen LogP contribution in [0.2, 0.25) is 0 Å². The van der Waals surface area contributed by atoms with Gasteiger partial charge in [-0.3, -0.25) is 0 Å². The van der Waals surface area contributed by atoms with E-state index in [1.807, 2.05) is 6.92 Å². The third-order valence-electron chi connectivity index (χ3n) is 1.87. The zero-order valence-electron chi connectivity index (χ0n) is 8.42. The molecule has 0 aliphatic rings. The molecular formula is C9H15FN4. The van der Waals surface area contributed by atoms with Crippen molar-refractivity contribution in [3.05, 3.63) is 12.0 Å². The van der Waals surface area contributed by atoms with E-state index in [2.05, 4.69) is 22.2 Å². The van der Waals surface area contributed by atoms with E-state index in [1.165, 1.54) is 0 Å². The largest absolute Gasteiger partial charge is 0.368 e. The summed E-state index contributed by atoms with van der Waals surface area (Å²) in [5.41, 5.74) is 5.35. The number of hydrogen-bond donors (Lipinski definition) is 2. The minimum atomic E-state index is -0.470. The van der Waals surface area contributed by atoms with Crippen molar-refractivity contribution in [3.8, 4) is 0 Å². The Morgan fingerprint density at radius 1 is 1.64 bits per heavy atom. The fourth-order valence-corrected chi connectivity index (χ4v) is 1.22. The van der Waals surface area contributed by atoms with Crippen molar-refractivity contribution in [1.82, 2.24) is 9.97 Å². The van der Waals surface area contributed by atoms with E-state index in [0.717, 1.165) is 19.0 Å². The molecule has 1 atom stereocenters. The monoisotopic (exact) mass is 198 g/mol. The predicted molar refractivity (Wildman–Crippen MR) is 54.4 cm³/mol. The molecule has 0 saturated carbocycles. The van der Waals surface area contributed by atoms with Crippen LogP contribution in [-0.4, -0.2) is 16.0 Å². The van der Waals surface area contributed by atoms with Gasteiger partial charge < -0.3 is 11.1 Å². The first-order valence-corrected chi connectivity index (χ1v) is 4.68. The van der Waals surface area contributed by atoms with Gasteiger partial charge >= 0.3 is 0 Å². The van der Waals surface area contributed by atoms with Crippen LogP contribution in [-0.2, 0) is 0 Å². The summed E-state index contributed by atoms with van der Waals surface area (Å²) in [6.07, 6.45) is 3.07. The fraction of sp³-hybridized carbons (Fsp3) is 0.556. The fourth-order valence-electron chi connectivity index (χ4n) is 1.22. The molecule has 0 aliphatic heterocycles. The maximum Gasteiger partial charge on any atom is 0.222 e. The van der Waals surface area contributed by atoms with Crippen LogP contribution in [0, 0.1) is 5.82 Å². The minimum absolute atomic E-state index is 0.0811. The van der Waals surface area contributed by atoms with E-state index >= 15 is 0 Å². The van der Waals surface area contributed by atoms with Crippen LogP contribution >= 0.6 is 0 Å². The third-order valence-corrected chi connectivity index (χ3v) is 1.87. The number of nitrogens with one attached hydrogen (secondary N) is 1. The number of halogens is 1. The number of nitrogen functional groups attached to an aromatic ring is 1. The number of nitrogens with zero attached hydrogens (tertiary/aromatic N) is 2. The van der Waals surface area contributed by atoms with E-state index in [1.54, 1.807) is 0 Å².